The maximum Gasteiger partial charge on any atom is 0.335 e. The third-order valence-electron chi connectivity index (χ3n) is 3.03. The van der Waals surface area contributed by atoms with E-state index in [1.54, 1.807) is 6.92 Å². The molecule has 0 bridgehead atoms. The number of hydrogen-bond donors (Lipinski definition) is 2. The Bertz CT molecular complexity index is 655. The van der Waals surface area contributed by atoms with E-state index in [0.29, 0.717) is 12.0 Å². The second kappa shape index (κ2) is 6.68. The van der Waals surface area contributed by atoms with Crippen molar-refractivity contribution < 1.29 is 23.1 Å². The van der Waals surface area contributed by atoms with Crippen molar-refractivity contribution in [2.45, 2.75) is 18.2 Å². The van der Waals surface area contributed by atoms with E-state index in [-0.39, 0.29) is 17.0 Å². The van der Waals surface area contributed by atoms with E-state index in [4.69, 9.17) is 5.11 Å². The van der Waals surface area contributed by atoms with E-state index >= 15 is 0 Å². The fourth-order valence-corrected chi connectivity index (χ4v) is 3.20. The van der Waals surface area contributed by atoms with Crippen LogP contribution in [0.4, 0.5) is 0 Å². The lowest BCUT2D eigenvalue weighted by Gasteiger charge is -2.18. The van der Waals surface area contributed by atoms with Crippen LogP contribution in [0, 0.1) is 0 Å². The van der Waals surface area contributed by atoms with Gasteiger partial charge in [-0.15, -0.1) is 0 Å². The van der Waals surface area contributed by atoms with E-state index in [9.17, 15) is 18.0 Å². The van der Waals surface area contributed by atoms with Gasteiger partial charge in [-0.2, -0.15) is 4.31 Å². The van der Waals surface area contributed by atoms with Crippen LogP contribution in [0.1, 0.15) is 22.8 Å². The van der Waals surface area contributed by atoms with Crippen LogP contribution < -0.4 is 5.32 Å². The fourth-order valence-electron chi connectivity index (χ4n) is 1.75. The number of carboxylic acids is 1. The van der Waals surface area contributed by atoms with Crippen LogP contribution in [0.15, 0.2) is 23.1 Å². The third-order valence-corrected chi connectivity index (χ3v) is 4.91. The van der Waals surface area contributed by atoms with Crippen molar-refractivity contribution in [3.05, 3.63) is 29.3 Å². The Morgan fingerprint density at radius 2 is 1.95 bits per heavy atom. The highest BCUT2D eigenvalue weighted by Crippen LogP contribution is 2.21. The molecule has 0 aliphatic heterocycles. The fraction of sp³-hybridized carbons (Fsp3) is 0.385. The topological polar surface area (TPSA) is 104 Å². The molecule has 1 aromatic carbocycles. The molecule has 0 unspecified atom stereocenters. The highest BCUT2D eigenvalue weighted by atomic mass is 32.2. The van der Waals surface area contributed by atoms with Crippen molar-refractivity contribution in [1.29, 1.82) is 0 Å². The molecule has 1 aromatic rings. The molecule has 1 rings (SSSR count). The third kappa shape index (κ3) is 3.79. The summed E-state index contributed by atoms with van der Waals surface area (Å²) in [6.45, 7) is 1.44. The minimum absolute atomic E-state index is 0.0868. The number of sulfonamides is 1. The van der Waals surface area contributed by atoms with E-state index in [1.165, 1.54) is 26.2 Å². The first-order valence-electron chi connectivity index (χ1n) is 6.27. The van der Waals surface area contributed by atoms with Gasteiger partial charge in [0.1, 0.15) is 0 Å². The molecule has 0 radical (unpaired) electrons. The number of carbonyl (C=O) groups is 2. The Labute approximate surface area is 123 Å². The summed E-state index contributed by atoms with van der Waals surface area (Å²) in [5, 5.41) is 11.3. The zero-order valence-corrected chi connectivity index (χ0v) is 12.9. The monoisotopic (exact) mass is 314 g/mol. The molecule has 21 heavy (non-hydrogen) atoms. The van der Waals surface area contributed by atoms with Gasteiger partial charge < -0.3 is 10.4 Å². The van der Waals surface area contributed by atoms with Gasteiger partial charge >= 0.3 is 5.97 Å². The normalized spacial score (nSPS) is 11.4. The standard InChI is InChI=1S/C13H18N2O5S/c1-4-9-5-6-10(13(17)18)7-11(9)21(19,20)15(3)8-12(16)14-2/h5-7H,4,8H2,1-3H3,(H,14,16)(H,17,18). The van der Waals surface area contributed by atoms with Gasteiger partial charge in [0.25, 0.3) is 0 Å². The Morgan fingerprint density at radius 3 is 2.43 bits per heavy atom. The second-order valence-electron chi connectivity index (χ2n) is 4.42. The number of nitrogens with one attached hydrogen (secondary N) is 1. The minimum Gasteiger partial charge on any atom is -0.478 e. The number of aryl methyl sites for hydroxylation is 1. The predicted molar refractivity (Wildman–Crippen MR) is 76.7 cm³/mol. The zero-order chi connectivity index (χ0) is 16.2. The molecule has 0 aromatic heterocycles. The SMILES string of the molecule is CCc1ccc(C(=O)O)cc1S(=O)(=O)N(C)CC(=O)NC. The summed E-state index contributed by atoms with van der Waals surface area (Å²) >= 11 is 0. The molecule has 0 spiro atoms. The Hall–Kier alpha value is -1.93. The lowest BCUT2D eigenvalue weighted by molar-refractivity contribution is -0.120. The van der Waals surface area contributed by atoms with Crippen LogP contribution in [0.5, 0.6) is 0 Å². The van der Waals surface area contributed by atoms with E-state index in [1.807, 2.05) is 0 Å². The molecule has 0 saturated carbocycles. The van der Waals surface area contributed by atoms with Crippen LogP contribution in [0.2, 0.25) is 0 Å². The van der Waals surface area contributed by atoms with E-state index in [2.05, 4.69) is 5.32 Å². The molecular formula is C13H18N2O5S. The number of amides is 1. The maximum atomic E-state index is 12.5. The van der Waals surface area contributed by atoms with Gasteiger partial charge in [-0.05, 0) is 24.1 Å². The first kappa shape index (κ1) is 17.1. The van der Waals surface area contributed by atoms with Crippen LogP contribution in [0.25, 0.3) is 0 Å². The Balaban J connectivity index is 3.31. The van der Waals surface area contributed by atoms with E-state index in [0.717, 1.165) is 10.4 Å². The number of benzene rings is 1. The van der Waals surface area contributed by atoms with E-state index < -0.39 is 21.9 Å². The van der Waals surface area contributed by atoms with Crippen LogP contribution in [0.3, 0.4) is 0 Å². The number of carbonyl (C=O) groups excluding carboxylic acids is 1. The summed E-state index contributed by atoms with van der Waals surface area (Å²) in [7, 11) is -1.25. The number of rotatable bonds is 6. The van der Waals surface area contributed by atoms with Gasteiger partial charge in [-0.3, -0.25) is 4.79 Å². The van der Waals surface area contributed by atoms with Crippen molar-refractivity contribution in [3.8, 4) is 0 Å². The summed E-state index contributed by atoms with van der Waals surface area (Å²) in [6.07, 6.45) is 0.433. The van der Waals surface area contributed by atoms with Crippen LogP contribution >= 0.6 is 0 Å². The predicted octanol–water partition coefficient (Wildman–Crippen LogP) is 0.314. The molecular weight excluding hydrogens is 296 g/mol. The van der Waals surface area contributed by atoms with Gasteiger partial charge in [0.2, 0.25) is 15.9 Å². The highest BCUT2D eigenvalue weighted by Gasteiger charge is 2.26. The molecule has 0 fully saturated rings. The Morgan fingerprint density at radius 1 is 1.33 bits per heavy atom. The molecule has 7 nitrogen and oxygen atoms in total. The van der Waals surface area contributed by atoms with Crippen molar-refractivity contribution in [2.24, 2.45) is 0 Å². The van der Waals surface area contributed by atoms with Gasteiger partial charge in [-0.1, -0.05) is 13.0 Å². The molecule has 0 atom stereocenters. The summed E-state index contributed by atoms with van der Waals surface area (Å²) in [5.74, 6) is -1.66. The molecule has 0 saturated heterocycles. The number of nitrogens with zero attached hydrogens (tertiary/aromatic N) is 1. The molecule has 0 aliphatic rings. The smallest absolute Gasteiger partial charge is 0.335 e. The quantitative estimate of drug-likeness (QED) is 0.786. The molecule has 116 valence electrons. The number of aromatic carboxylic acids is 1. The van der Waals surface area contributed by atoms with Crippen molar-refractivity contribution in [3.63, 3.8) is 0 Å². The Kier molecular flexibility index (Phi) is 5.45. The largest absolute Gasteiger partial charge is 0.478 e. The average molecular weight is 314 g/mol. The molecule has 8 heteroatoms. The summed E-state index contributed by atoms with van der Waals surface area (Å²) < 4.78 is 25.9. The molecule has 0 heterocycles. The van der Waals surface area contributed by atoms with Crippen LogP contribution in [-0.2, 0) is 21.2 Å². The summed E-state index contributed by atoms with van der Waals surface area (Å²) in [4.78, 5) is 22.2. The minimum atomic E-state index is -3.93. The van der Waals surface area contributed by atoms with Gasteiger partial charge in [0.15, 0.2) is 0 Å². The molecule has 2 N–H and O–H groups in total. The maximum absolute atomic E-state index is 12.5. The first-order valence-corrected chi connectivity index (χ1v) is 7.71. The van der Waals surface area contributed by atoms with Crippen LogP contribution in [-0.4, -0.2) is 50.3 Å². The number of carboxylic acid groups (broad SMARTS) is 1. The van der Waals surface area contributed by atoms with Gasteiger partial charge in [0, 0.05) is 14.1 Å². The second-order valence-corrected chi connectivity index (χ2v) is 6.43. The first-order chi connectivity index (χ1) is 9.73. The molecule has 1 amide bonds. The summed E-state index contributed by atoms with van der Waals surface area (Å²) in [6, 6.07) is 3.96. The zero-order valence-electron chi connectivity index (χ0n) is 12.1. The number of hydrogen-bond acceptors (Lipinski definition) is 4. The number of likely N-dealkylation sites (N-methyl/N-ethyl adjacent to an activating group) is 2. The van der Waals surface area contributed by atoms with Gasteiger partial charge in [-0.25, -0.2) is 13.2 Å². The lowest BCUT2D eigenvalue weighted by atomic mass is 10.1. The average Bonchev–Trinajstić information content (AvgIpc) is 2.45. The van der Waals surface area contributed by atoms with Crippen molar-refractivity contribution in [2.75, 3.05) is 20.6 Å². The van der Waals surface area contributed by atoms with Crippen molar-refractivity contribution >= 4 is 21.9 Å². The van der Waals surface area contributed by atoms with Crippen molar-refractivity contribution in [1.82, 2.24) is 9.62 Å². The van der Waals surface area contributed by atoms with Gasteiger partial charge in [0.05, 0.1) is 17.0 Å². The molecule has 0 aliphatic carbocycles. The highest BCUT2D eigenvalue weighted by molar-refractivity contribution is 7.89. The summed E-state index contributed by atoms with van der Waals surface area (Å²) in [5.41, 5.74) is 0.392. The lowest BCUT2D eigenvalue weighted by Crippen LogP contribution is -2.37.